The number of halogens is 1. The van der Waals surface area contributed by atoms with E-state index in [1.165, 1.54) is 24.1 Å². The maximum atomic E-state index is 14.1. The Bertz CT molecular complexity index is 661. The maximum Gasteiger partial charge on any atom is 0.257 e. The highest BCUT2D eigenvalue weighted by Crippen LogP contribution is 2.26. The third-order valence-corrected chi connectivity index (χ3v) is 3.78. The standard InChI is InChI=1S/C18H20FNO3/c1-20(17(10-11-21)13-6-4-3-5-7-13)18(22)15-9-8-14(23-2)12-16(15)19/h3-9,12,17,21H,10-11H2,1-2H3. The summed E-state index contributed by atoms with van der Waals surface area (Å²) in [5, 5.41) is 9.29. The van der Waals surface area contributed by atoms with Gasteiger partial charge in [0.1, 0.15) is 11.6 Å². The summed E-state index contributed by atoms with van der Waals surface area (Å²) in [6.07, 6.45) is 0.379. The molecule has 2 aromatic carbocycles. The fourth-order valence-corrected chi connectivity index (χ4v) is 2.51. The van der Waals surface area contributed by atoms with Gasteiger partial charge >= 0.3 is 0 Å². The Hall–Kier alpha value is -2.40. The minimum atomic E-state index is -0.628. The van der Waals surface area contributed by atoms with E-state index < -0.39 is 11.7 Å². The van der Waals surface area contributed by atoms with E-state index >= 15 is 0 Å². The number of carbonyl (C=O) groups is 1. The third kappa shape index (κ3) is 3.87. The number of aliphatic hydroxyl groups is 1. The minimum Gasteiger partial charge on any atom is -0.497 e. The molecule has 0 bridgehead atoms. The second kappa shape index (κ2) is 7.74. The van der Waals surface area contributed by atoms with Crippen LogP contribution in [-0.2, 0) is 0 Å². The Morgan fingerprint density at radius 2 is 1.96 bits per heavy atom. The van der Waals surface area contributed by atoms with Crippen molar-refractivity contribution in [3.8, 4) is 5.75 Å². The normalized spacial score (nSPS) is 11.8. The summed E-state index contributed by atoms with van der Waals surface area (Å²) in [6, 6.07) is 13.2. The van der Waals surface area contributed by atoms with Crippen LogP contribution in [-0.4, -0.2) is 36.7 Å². The van der Waals surface area contributed by atoms with Crippen molar-refractivity contribution in [1.82, 2.24) is 4.90 Å². The molecule has 1 unspecified atom stereocenters. The Morgan fingerprint density at radius 1 is 1.26 bits per heavy atom. The van der Waals surface area contributed by atoms with Gasteiger partial charge in [0, 0.05) is 19.7 Å². The molecule has 0 saturated heterocycles. The molecule has 2 rings (SSSR count). The molecule has 0 fully saturated rings. The fourth-order valence-electron chi connectivity index (χ4n) is 2.51. The molecule has 0 spiro atoms. The smallest absolute Gasteiger partial charge is 0.257 e. The van der Waals surface area contributed by atoms with Crippen LogP contribution in [0.3, 0.4) is 0 Å². The van der Waals surface area contributed by atoms with Gasteiger partial charge < -0.3 is 14.7 Å². The van der Waals surface area contributed by atoms with Crippen molar-refractivity contribution in [2.45, 2.75) is 12.5 Å². The molecule has 0 aliphatic rings. The number of carbonyl (C=O) groups excluding carboxylic acids is 1. The Kier molecular flexibility index (Phi) is 5.71. The van der Waals surface area contributed by atoms with E-state index in [1.54, 1.807) is 13.1 Å². The molecule has 23 heavy (non-hydrogen) atoms. The number of rotatable bonds is 6. The lowest BCUT2D eigenvalue weighted by atomic mass is 10.0. The monoisotopic (exact) mass is 317 g/mol. The summed E-state index contributed by atoms with van der Waals surface area (Å²) in [5.41, 5.74) is 0.874. The first-order valence-corrected chi connectivity index (χ1v) is 7.35. The summed E-state index contributed by atoms with van der Waals surface area (Å²) in [4.78, 5) is 14.1. The van der Waals surface area contributed by atoms with Crippen molar-refractivity contribution < 1.29 is 19.0 Å². The van der Waals surface area contributed by atoms with Crippen molar-refractivity contribution in [2.75, 3.05) is 20.8 Å². The van der Waals surface area contributed by atoms with Crippen molar-refractivity contribution in [3.63, 3.8) is 0 Å². The first-order chi connectivity index (χ1) is 11.1. The van der Waals surface area contributed by atoms with E-state index in [9.17, 15) is 14.3 Å². The highest BCUT2D eigenvalue weighted by molar-refractivity contribution is 5.94. The number of hydrogen-bond acceptors (Lipinski definition) is 3. The average molecular weight is 317 g/mol. The van der Waals surface area contributed by atoms with E-state index in [0.29, 0.717) is 12.2 Å². The maximum absolute atomic E-state index is 14.1. The molecule has 0 aromatic heterocycles. The number of ether oxygens (including phenoxy) is 1. The number of amides is 1. The molecule has 4 nitrogen and oxygen atoms in total. The molecule has 5 heteroatoms. The van der Waals surface area contributed by atoms with E-state index in [-0.39, 0.29) is 18.2 Å². The fraction of sp³-hybridized carbons (Fsp3) is 0.278. The molecule has 0 aliphatic carbocycles. The van der Waals surface area contributed by atoms with Crippen LogP contribution in [0.4, 0.5) is 4.39 Å². The van der Waals surface area contributed by atoms with Gasteiger partial charge in [-0.25, -0.2) is 4.39 Å². The van der Waals surface area contributed by atoms with Crippen LogP contribution >= 0.6 is 0 Å². The zero-order valence-electron chi connectivity index (χ0n) is 13.2. The van der Waals surface area contributed by atoms with Gasteiger partial charge in [-0.3, -0.25) is 4.79 Å². The molecule has 0 heterocycles. The largest absolute Gasteiger partial charge is 0.497 e. The predicted octanol–water partition coefficient (Wildman–Crippen LogP) is 3.03. The van der Waals surface area contributed by atoms with Crippen LogP contribution in [0, 0.1) is 5.82 Å². The topological polar surface area (TPSA) is 49.8 Å². The SMILES string of the molecule is COc1ccc(C(=O)N(C)C(CCO)c2ccccc2)c(F)c1. The Morgan fingerprint density at radius 3 is 2.52 bits per heavy atom. The molecule has 0 radical (unpaired) electrons. The predicted molar refractivity (Wildman–Crippen MR) is 85.9 cm³/mol. The van der Waals surface area contributed by atoms with Gasteiger partial charge in [-0.15, -0.1) is 0 Å². The van der Waals surface area contributed by atoms with E-state index in [2.05, 4.69) is 0 Å². The van der Waals surface area contributed by atoms with Gasteiger partial charge in [-0.05, 0) is 24.1 Å². The first-order valence-electron chi connectivity index (χ1n) is 7.35. The zero-order valence-corrected chi connectivity index (χ0v) is 13.2. The molecule has 0 aliphatic heterocycles. The van der Waals surface area contributed by atoms with Crippen LogP contribution in [0.15, 0.2) is 48.5 Å². The van der Waals surface area contributed by atoms with Crippen LogP contribution < -0.4 is 4.74 Å². The van der Waals surface area contributed by atoms with E-state index in [1.807, 2.05) is 30.3 Å². The summed E-state index contributed by atoms with van der Waals surface area (Å²) in [7, 11) is 3.05. The molecule has 1 amide bonds. The quantitative estimate of drug-likeness (QED) is 0.891. The van der Waals surface area contributed by atoms with Gasteiger partial charge in [0.05, 0.1) is 18.7 Å². The van der Waals surface area contributed by atoms with Gasteiger partial charge in [0.2, 0.25) is 0 Å². The van der Waals surface area contributed by atoms with Crippen molar-refractivity contribution >= 4 is 5.91 Å². The number of aliphatic hydroxyl groups excluding tert-OH is 1. The molecule has 0 saturated carbocycles. The highest BCUT2D eigenvalue weighted by atomic mass is 19.1. The lowest BCUT2D eigenvalue weighted by Gasteiger charge is -2.28. The molecular weight excluding hydrogens is 297 g/mol. The summed E-state index contributed by atoms with van der Waals surface area (Å²) in [6.45, 7) is -0.0672. The molecule has 1 N–H and O–H groups in total. The second-order valence-electron chi connectivity index (χ2n) is 5.20. The molecule has 2 aromatic rings. The van der Waals surface area contributed by atoms with Gasteiger partial charge in [0.25, 0.3) is 5.91 Å². The second-order valence-corrected chi connectivity index (χ2v) is 5.20. The molecule has 1 atom stereocenters. The van der Waals surface area contributed by atoms with Crippen LogP contribution in [0.25, 0.3) is 0 Å². The van der Waals surface area contributed by atoms with E-state index in [0.717, 1.165) is 5.56 Å². The third-order valence-electron chi connectivity index (χ3n) is 3.78. The Labute approximate surface area is 135 Å². The van der Waals surface area contributed by atoms with Gasteiger partial charge in [0.15, 0.2) is 0 Å². The number of nitrogens with zero attached hydrogens (tertiary/aromatic N) is 1. The number of hydrogen-bond donors (Lipinski definition) is 1. The Balaban J connectivity index is 2.29. The van der Waals surface area contributed by atoms with Gasteiger partial charge in [-0.1, -0.05) is 30.3 Å². The van der Waals surface area contributed by atoms with Crippen molar-refractivity contribution in [3.05, 3.63) is 65.5 Å². The lowest BCUT2D eigenvalue weighted by Crippen LogP contribution is -2.32. The highest BCUT2D eigenvalue weighted by Gasteiger charge is 2.24. The molecular formula is C18H20FNO3. The number of benzene rings is 2. The van der Waals surface area contributed by atoms with E-state index in [4.69, 9.17) is 4.74 Å². The zero-order chi connectivity index (χ0) is 16.8. The number of methoxy groups -OCH3 is 1. The summed E-state index contributed by atoms with van der Waals surface area (Å²) in [5.74, 6) is -0.707. The first kappa shape index (κ1) is 17.0. The summed E-state index contributed by atoms with van der Waals surface area (Å²) < 4.78 is 19.1. The van der Waals surface area contributed by atoms with Crippen LogP contribution in [0.2, 0.25) is 0 Å². The average Bonchev–Trinajstić information content (AvgIpc) is 2.59. The van der Waals surface area contributed by atoms with Crippen LogP contribution in [0.5, 0.6) is 5.75 Å². The van der Waals surface area contributed by atoms with Crippen molar-refractivity contribution in [2.24, 2.45) is 0 Å². The van der Waals surface area contributed by atoms with Gasteiger partial charge in [-0.2, -0.15) is 0 Å². The van der Waals surface area contributed by atoms with Crippen LogP contribution in [0.1, 0.15) is 28.4 Å². The minimum absolute atomic E-state index is 0.0211. The summed E-state index contributed by atoms with van der Waals surface area (Å²) >= 11 is 0. The lowest BCUT2D eigenvalue weighted by molar-refractivity contribution is 0.0700. The van der Waals surface area contributed by atoms with Crippen molar-refractivity contribution in [1.29, 1.82) is 0 Å². The molecule has 122 valence electrons.